The van der Waals surface area contributed by atoms with E-state index in [0.717, 1.165) is 24.3 Å². The van der Waals surface area contributed by atoms with Crippen molar-refractivity contribution in [3.8, 4) is 5.75 Å². The summed E-state index contributed by atoms with van der Waals surface area (Å²) < 4.78 is 79.8. The molecular formula is C28H20F5O3S+. The zero-order valence-corrected chi connectivity index (χ0v) is 20.4. The predicted molar refractivity (Wildman–Crippen MR) is 128 cm³/mol. The van der Waals surface area contributed by atoms with E-state index in [4.69, 9.17) is 9.47 Å². The minimum Gasteiger partial charge on any atom is -0.423 e. The number of carbonyl (C=O) groups is 1. The lowest BCUT2D eigenvalue weighted by atomic mass is 9.98. The van der Waals surface area contributed by atoms with E-state index in [2.05, 4.69) is 0 Å². The smallest absolute Gasteiger partial charge is 0.423 e. The molecule has 0 heterocycles. The van der Waals surface area contributed by atoms with Crippen LogP contribution in [0.1, 0.15) is 19.4 Å². The van der Waals surface area contributed by atoms with Gasteiger partial charge in [-0.15, -0.1) is 0 Å². The number of benzene rings is 4. The van der Waals surface area contributed by atoms with Crippen molar-refractivity contribution in [1.29, 1.82) is 0 Å². The van der Waals surface area contributed by atoms with Gasteiger partial charge in [0.2, 0.25) is 0 Å². The molecule has 190 valence electrons. The second-order valence-corrected chi connectivity index (χ2v) is 10.5. The highest BCUT2D eigenvalue weighted by Gasteiger charge is 2.32. The molecule has 0 aromatic heterocycles. The molecule has 0 fully saturated rings. The van der Waals surface area contributed by atoms with Gasteiger partial charge in [0, 0.05) is 36.4 Å². The first-order valence-electron chi connectivity index (χ1n) is 10.9. The average molecular weight is 532 g/mol. The fraction of sp³-hybridized carbons (Fsp3) is 0.107. The van der Waals surface area contributed by atoms with Crippen LogP contribution in [0.3, 0.4) is 0 Å². The third-order valence-corrected chi connectivity index (χ3v) is 7.44. The van der Waals surface area contributed by atoms with Crippen molar-refractivity contribution < 1.29 is 36.2 Å². The molecule has 0 N–H and O–H groups in total. The number of hydrogen-bond donors (Lipinski definition) is 0. The molecule has 0 spiro atoms. The van der Waals surface area contributed by atoms with Crippen molar-refractivity contribution in [1.82, 2.24) is 0 Å². The lowest BCUT2D eigenvalue weighted by Gasteiger charge is -2.25. The maximum Gasteiger partial charge on any atom is 0.514 e. The fourth-order valence-corrected chi connectivity index (χ4v) is 5.73. The van der Waals surface area contributed by atoms with E-state index < -0.39 is 51.7 Å². The molecule has 3 nitrogen and oxygen atoms in total. The Labute approximate surface area is 212 Å². The van der Waals surface area contributed by atoms with Crippen molar-refractivity contribution >= 4 is 17.1 Å². The quantitative estimate of drug-likeness (QED) is 0.110. The summed E-state index contributed by atoms with van der Waals surface area (Å²) in [5.41, 5.74) is -0.560. The highest BCUT2D eigenvalue weighted by atomic mass is 32.2. The molecule has 0 aliphatic carbocycles. The van der Waals surface area contributed by atoms with E-state index in [1.807, 2.05) is 0 Å². The zero-order chi connectivity index (χ0) is 26.7. The average Bonchev–Trinajstić information content (AvgIpc) is 2.79. The Morgan fingerprint density at radius 2 is 1.08 bits per heavy atom. The molecule has 0 amide bonds. The van der Waals surface area contributed by atoms with Crippen LogP contribution in [-0.2, 0) is 21.2 Å². The Morgan fingerprint density at radius 1 is 0.622 bits per heavy atom. The van der Waals surface area contributed by atoms with Crippen molar-refractivity contribution in [2.45, 2.75) is 34.1 Å². The van der Waals surface area contributed by atoms with E-state index in [1.54, 1.807) is 13.8 Å². The summed E-state index contributed by atoms with van der Waals surface area (Å²) in [5, 5.41) is 0. The van der Waals surface area contributed by atoms with Gasteiger partial charge < -0.3 is 9.47 Å². The molecule has 0 aliphatic heterocycles. The number of carbonyl (C=O) groups excluding carboxylic acids is 1. The first-order chi connectivity index (χ1) is 17.5. The topological polar surface area (TPSA) is 35.5 Å². The molecule has 0 atom stereocenters. The lowest BCUT2D eigenvalue weighted by Crippen LogP contribution is -2.27. The van der Waals surface area contributed by atoms with Gasteiger partial charge in [0.15, 0.2) is 14.7 Å². The summed E-state index contributed by atoms with van der Waals surface area (Å²) in [6.07, 6.45) is -1.01. The van der Waals surface area contributed by atoms with Gasteiger partial charge in [-0.1, -0.05) is 12.1 Å². The van der Waals surface area contributed by atoms with E-state index >= 15 is 0 Å². The normalized spacial score (nSPS) is 11.5. The summed E-state index contributed by atoms with van der Waals surface area (Å²) in [5.74, 6) is -3.68. The molecule has 4 aromatic carbocycles. The molecular weight excluding hydrogens is 511 g/mol. The van der Waals surface area contributed by atoms with E-state index in [1.165, 1.54) is 48.5 Å². The minimum absolute atomic E-state index is 0.100. The largest absolute Gasteiger partial charge is 0.514 e. The number of hydrogen-bond acceptors (Lipinski definition) is 3. The predicted octanol–water partition coefficient (Wildman–Crippen LogP) is 7.93. The second kappa shape index (κ2) is 10.6. The summed E-state index contributed by atoms with van der Waals surface area (Å²) in [6.45, 7) is 3.24. The molecule has 4 rings (SSSR count). The third kappa shape index (κ3) is 6.48. The fourth-order valence-electron chi connectivity index (χ4n) is 3.58. The van der Waals surface area contributed by atoms with Crippen LogP contribution in [0.2, 0.25) is 0 Å². The monoisotopic (exact) mass is 531 g/mol. The molecule has 37 heavy (non-hydrogen) atoms. The number of rotatable bonds is 6. The van der Waals surface area contributed by atoms with Gasteiger partial charge >= 0.3 is 6.16 Å². The Bertz CT molecular complexity index is 1330. The summed E-state index contributed by atoms with van der Waals surface area (Å²) >= 11 is 0. The minimum atomic E-state index is -1.28. The van der Waals surface area contributed by atoms with Crippen LogP contribution in [0, 0.1) is 29.1 Å². The third-order valence-electron chi connectivity index (χ3n) is 5.28. The Morgan fingerprint density at radius 3 is 1.54 bits per heavy atom. The Kier molecular flexibility index (Phi) is 7.54. The van der Waals surface area contributed by atoms with Crippen LogP contribution in [0.15, 0.2) is 99.6 Å². The van der Waals surface area contributed by atoms with Gasteiger partial charge in [-0.25, -0.2) is 26.7 Å². The highest BCUT2D eigenvalue weighted by molar-refractivity contribution is 7.97. The Balaban J connectivity index is 1.59. The van der Waals surface area contributed by atoms with Crippen LogP contribution in [0.5, 0.6) is 5.75 Å². The molecule has 0 unspecified atom stereocenters. The van der Waals surface area contributed by atoms with Crippen molar-refractivity contribution in [2.24, 2.45) is 0 Å². The van der Waals surface area contributed by atoms with Gasteiger partial charge in [0.25, 0.3) is 0 Å². The van der Waals surface area contributed by atoms with Gasteiger partial charge in [0.1, 0.15) is 40.4 Å². The zero-order valence-electron chi connectivity index (χ0n) is 19.6. The summed E-state index contributed by atoms with van der Waals surface area (Å²) in [7, 11) is -1.28. The summed E-state index contributed by atoms with van der Waals surface area (Å²) in [6, 6.07) is 17.1. The molecule has 9 heteroatoms. The molecule has 0 saturated carbocycles. The summed E-state index contributed by atoms with van der Waals surface area (Å²) in [4.78, 5) is 13.2. The molecule has 0 saturated heterocycles. The first-order valence-corrected chi connectivity index (χ1v) is 12.2. The van der Waals surface area contributed by atoms with Gasteiger partial charge in [0.05, 0.1) is 10.9 Å². The van der Waals surface area contributed by atoms with Gasteiger partial charge in [-0.3, -0.25) is 0 Å². The van der Waals surface area contributed by atoms with Crippen LogP contribution in [-0.4, -0.2) is 6.16 Å². The second-order valence-electron chi connectivity index (χ2n) is 8.46. The van der Waals surface area contributed by atoms with Crippen molar-refractivity contribution in [3.63, 3.8) is 0 Å². The molecule has 0 bridgehead atoms. The SMILES string of the molecule is CC(C)(OC(=O)Oc1ccc([S+](c2cc(F)cc(F)c2)c2cc(F)cc(F)c2)cc1)c1ccc(F)cc1. The van der Waals surface area contributed by atoms with E-state index in [9.17, 15) is 26.7 Å². The highest BCUT2D eigenvalue weighted by Crippen LogP contribution is 2.34. The lowest BCUT2D eigenvalue weighted by molar-refractivity contribution is 0.00633. The Hall–Kier alpha value is -3.85. The van der Waals surface area contributed by atoms with Crippen LogP contribution in [0.25, 0.3) is 0 Å². The van der Waals surface area contributed by atoms with Gasteiger partial charge in [-0.2, -0.15) is 0 Å². The molecule has 0 radical (unpaired) electrons. The maximum atomic E-state index is 14.0. The van der Waals surface area contributed by atoms with E-state index in [-0.39, 0.29) is 15.5 Å². The molecule has 0 aliphatic rings. The first kappa shape index (κ1) is 26.2. The van der Waals surface area contributed by atoms with Crippen LogP contribution < -0.4 is 4.74 Å². The van der Waals surface area contributed by atoms with Crippen LogP contribution >= 0.6 is 0 Å². The molecule has 4 aromatic rings. The van der Waals surface area contributed by atoms with Crippen molar-refractivity contribution in [2.75, 3.05) is 0 Å². The number of ether oxygens (including phenoxy) is 2. The van der Waals surface area contributed by atoms with Crippen LogP contribution in [0.4, 0.5) is 26.7 Å². The standard InChI is InChI=1S/C28H20F5O3S/c1-28(2,17-3-5-18(29)6-4-17)36-27(34)35-23-7-9-24(10-8-23)37(25-13-19(30)11-20(31)14-25)26-15-21(32)12-22(33)16-26/h3-16H,1-2H3/q+1. The number of halogens is 5. The maximum absolute atomic E-state index is 14.0. The van der Waals surface area contributed by atoms with E-state index in [0.29, 0.717) is 22.6 Å². The van der Waals surface area contributed by atoms with Gasteiger partial charge in [-0.05, 0) is 55.8 Å². The van der Waals surface area contributed by atoms with Crippen molar-refractivity contribution in [3.05, 3.63) is 120 Å².